The highest BCUT2D eigenvalue weighted by atomic mass is 79.9. The first-order chi connectivity index (χ1) is 8.17. The van der Waals surface area contributed by atoms with Crippen LogP contribution >= 0.6 is 27.7 Å². The molecule has 1 aromatic heterocycles. The molecule has 3 nitrogen and oxygen atoms in total. The fourth-order valence-corrected chi connectivity index (χ4v) is 3.61. The fourth-order valence-electron chi connectivity index (χ4n) is 2.30. The largest absolute Gasteiger partial charge is 0.367 e. The lowest BCUT2D eigenvalue weighted by atomic mass is 9.95. The van der Waals surface area contributed by atoms with Gasteiger partial charge in [0.05, 0.1) is 0 Å². The standard InChI is InChI=1S/C12H18BrN3S/c1-8-14-11(13)7-12(15-8)16-9-4-3-5-10(6-9)17-2/h7,9-10H,3-6H2,1-2H3,(H,14,15,16). The van der Waals surface area contributed by atoms with Crippen molar-refractivity contribution in [1.29, 1.82) is 0 Å². The summed E-state index contributed by atoms with van der Waals surface area (Å²) in [5.41, 5.74) is 0. The van der Waals surface area contributed by atoms with Gasteiger partial charge in [-0.1, -0.05) is 6.42 Å². The van der Waals surface area contributed by atoms with Crippen molar-refractivity contribution in [2.75, 3.05) is 11.6 Å². The van der Waals surface area contributed by atoms with Gasteiger partial charge in [0, 0.05) is 17.4 Å². The molecule has 0 bridgehead atoms. The van der Waals surface area contributed by atoms with E-state index < -0.39 is 0 Å². The second-order valence-corrected chi connectivity index (χ2v) is 6.44. The second kappa shape index (κ2) is 6.05. The Hall–Kier alpha value is -0.290. The van der Waals surface area contributed by atoms with Gasteiger partial charge in [0.15, 0.2) is 0 Å². The maximum atomic E-state index is 4.42. The van der Waals surface area contributed by atoms with Crippen LogP contribution in [0.4, 0.5) is 5.82 Å². The van der Waals surface area contributed by atoms with E-state index in [-0.39, 0.29) is 0 Å². The van der Waals surface area contributed by atoms with Gasteiger partial charge in [-0.15, -0.1) is 0 Å². The molecule has 1 aliphatic rings. The van der Waals surface area contributed by atoms with Gasteiger partial charge in [-0.2, -0.15) is 11.8 Å². The van der Waals surface area contributed by atoms with Gasteiger partial charge in [-0.05, 0) is 48.4 Å². The number of nitrogens with zero attached hydrogens (tertiary/aromatic N) is 2. The van der Waals surface area contributed by atoms with E-state index in [4.69, 9.17) is 0 Å². The summed E-state index contributed by atoms with van der Waals surface area (Å²) in [6, 6.07) is 2.51. The molecule has 0 amide bonds. The van der Waals surface area contributed by atoms with Crippen molar-refractivity contribution in [3.63, 3.8) is 0 Å². The molecule has 1 fully saturated rings. The molecule has 2 rings (SSSR count). The molecule has 17 heavy (non-hydrogen) atoms. The van der Waals surface area contributed by atoms with Crippen molar-refractivity contribution >= 4 is 33.5 Å². The monoisotopic (exact) mass is 315 g/mol. The summed E-state index contributed by atoms with van der Waals surface area (Å²) < 4.78 is 0.852. The van der Waals surface area contributed by atoms with Gasteiger partial charge >= 0.3 is 0 Å². The highest BCUT2D eigenvalue weighted by Crippen LogP contribution is 2.28. The van der Waals surface area contributed by atoms with Crippen molar-refractivity contribution in [2.45, 2.75) is 43.9 Å². The van der Waals surface area contributed by atoms with E-state index in [0.29, 0.717) is 6.04 Å². The van der Waals surface area contributed by atoms with Crippen LogP contribution in [0, 0.1) is 6.92 Å². The summed E-state index contributed by atoms with van der Waals surface area (Å²) >= 11 is 5.39. The van der Waals surface area contributed by atoms with Gasteiger partial charge in [0.2, 0.25) is 0 Å². The normalized spacial score (nSPS) is 24.6. The number of halogens is 1. The van der Waals surface area contributed by atoms with E-state index in [2.05, 4.69) is 37.5 Å². The van der Waals surface area contributed by atoms with Crippen molar-refractivity contribution in [2.24, 2.45) is 0 Å². The van der Waals surface area contributed by atoms with Crippen LogP contribution in [0.3, 0.4) is 0 Å². The van der Waals surface area contributed by atoms with Crippen LogP contribution in [0.2, 0.25) is 0 Å². The topological polar surface area (TPSA) is 37.8 Å². The Kier molecular flexibility index (Phi) is 4.68. The van der Waals surface area contributed by atoms with Crippen LogP contribution in [0.25, 0.3) is 0 Å². The summed E-state index contributed by atoms with van der Waals surface area (Å²) in [5.74, 6) is 1.75. The Morgan fingerprint density at radius 3 is 2.94 bits per heavy atom. The number of nitrogens with one attached hydrogen (secondary N) is 1. The molecule has 2 atom stereocenters. The molecule has 0 aliphatic heterocycles. The molecular formula is C12H18BrN3S. The van der Waals surface area contributed by atoms with Crippen molar-refractivity contribution in [1.82, 2.24) is 9.97 Å². The molecule has 94 valence electrons. The number of hydrogen-bond donors (Lipinski definition) is 1. The third-order valence-electron chi connectivity index (χ3n) is 3.12. The summed E-state index contributed by atoms with van der Waals surface area (Å²) in [6.07, 6.45) is 7.36. The zero-order chi connectivity index (χ0) is 12.3. The zero-order valence-corrected chi connectivity index (χ0v) is 12.6. The molecular weight excluding hydrogens is 298 g/mol. The third kappa shape index (κ3) is 3.85. The van der Waals surface area contributed by atoms with E-state index in [1.54, 1.807) is 0 Å². The van der Waals surface area contributed by atoms with Crippen LogP contribution in [0.5, 0.6) is 0 Å². The predicted molar refractivity (Wildman–Crippen MR) is 77.7 cm³/mol. The minimum Gasteiger partial charge on any atom is -0.367 e. The minimum absolute atomic E-state index is 0.558. The smallest absolute Gasteiger partial charge is 0.131 e. The molecule has 0 radical (unpaired) electrons. The maximum absolute atomic E-state index is 4.42. The van der Waals surface area contributed by atoms with Crippen LogP contribution in [0.1, 0.15) is 31.5 Å². The molecule has 5 heteroatoms. The van der Waals surface area contributed by atoms with Crippen molar-refractivity contribution < 1.29 is 0 Å². The highest BCUT2D eigenvalue weighted by molar-refractivity contribution is 9.10. The third-order valence-corrected chi connectivity index (χ3v) is 4.62. The van der Waals surface area contributed by atoms with Gasteiger partial charge in [-0.25, -0.2) is 9.97 Å². The SMILES string of the molecule is CSC1CCCC(Nc2cc(Br)nc(C)n2)C1. The average Bonchev–Trinajstić information content (AvgIpc) is 2.28. The van der Waals surface area contributed by atoms with E-state index in [0.717, 1.165) is 21.5 Å². The number of aromatic nitrogens is 2. The van der Waals surface area contributed by atoms with E-state index in [9.17, 15) is 0 Å². The number of aryl methyl sites for hydroxylation is 1. The number of thioether (sulfide) groups is 1. The number of hydrogen-bond acceptors (Lipinski definition) is 4. The molecule has 0 saturated heterocycles. The molecule has 1 N–H and O–H groups in total. The van der Waals surface area contributed by atoms with Crippen molar-refractivity contribution in [3.05, 3.63) is 16.5 Å². The fraction of sp³-hybridized carbons (Fsp3) is 0.667. The summed E-state index contributed by atoms with van der Waals surface area (Å²) in [6.45, 7) is 1.92. The molecule has 1 saturated carbocycles. The average molecular weight is 316 g/mol. The Labute approximate surface area is 115 Å². The van der Waals surface area contributed by atoms with E-state index >= 15 is 0 Å². The second-order valence-electron chi connectivity index (χ2n) is 4.49. The molecule has 1 aliphatic carbocycles. The first-order valence-corrected chi connectivity index (χ1v) is 8.06. The first-order valence-electron chi connectivity index (χ1n) is 5.98. The zero-order valence-electron chi connectivity index (χ0n) is 10.2. The molecule has 1 aromatic rings. The summed E-state index contributed by atoms with van der Waals surface area (Å²) in [5, 5.41) is 4.33. The van der Waals surface area contributed by atoms with Crippen LogP contribution in [-0.4, -0.2) is 27.5 Å². The van der Waals surface area contributed by atoms with Gasteiger partial charge in [-0.3, -0.25) is 0 Å². The van der Waals surface area contributed by atoms with Gasteiger partial charge < -0.3 is 5.32 Å². The molecule has 1 heterocycles. The van der Waals surface area contributed by atoms with Crippen LogP contribution in [-0.2, 0) is 0 Å². The number of anilines is 1. The Morgan fingerprint density at radius 2 is 2.24 bits per heavy atom. The van der Waals surface area contributed by atoms with Crippen LogP contribution in [0.15, 0.2) is 10.7 Å². The highest BCUT2D eigenvalue weighted by Gasteiger charge is 2.21. The minimum atomic E-state index is 0.558. The maximum Gasteiger partial charge on any atom is 0.131 e. The molecule has 0 spiro atoms. The van der Waals surface area contributed by atoms with E-state index in [1.807, 2.05) is 24.8 Å². The Balaban J connectivity index is 2.00. The first kappa shape index (κ1) is 13.1. The predicted octanol–water partition coefficient (Wildman–Crippen LogP) is 3.63. The molecule has 2 unspecified atom stereocenters. The van der Waals surface area contributed by atoms with Crippen LogP contribution < -0.4 is 5.32 Å². The lowest BCUT2D eigenvalue weighted by molar-refractivity contribution is 0.472. The van der Waals surface area contributed by atoms with Crippen molar-refractivity contribution in [3.8, 4) is 0 Å². The summed E-state index contributed by atoms with van der Waals surface area (Å²) in [7, 11) is 0. The summed E-state index contributed by atoms with van der Waals surface area (Å²) in [4.78, 5) is 8.64. The van der Waals surface area contributed by atoms with E-state index in [1.165, 1.54) is 25.7 Å². The molecule has 0 aromatic carbocycles. The van der Waals surface area contributed by atoms with Gasteiger partial charge in [0.25, 0.3) is 0 Å². The Bertz CT molecular complexity index is 366. The number of rotatable bonds is 3. The lowest BCUT2D eigenvalue weighted by Gasteiger charge is -2.29. The Morgan fingerprint density at radius 1 is 1.41 bits per heavy atom. The lowest BCUT2D eigenvalue weighted by Crippen LogP contribution is -2.29. The van der Waals surface area contributed by atoms with Gasteiger partial charge in [0.1, 0.15) is 16.2 Å². The quantitative estimate of drug-likeness (QED) is 0.864.